The second-order valence-electron chi connectivity index (χ2n) is 4.13. The summed E-state index contributed by atoms with van der Waals surface area (Å²) in [6.07, 6.45) is 0.674. The summed E-state index contributed by atoms with van der Waals surface area (Å²) in [6.45, 7) is 1.06. The highest BCUT2D eigenvalue weighted by atomic mass is 35.5. The van der Waals surface area contributed by atoms with Crippen molar-refractivity contribution < 1.29 is 14.2 Å². The maximum atomic E-state index is 13.5. The topological polar surface area (TPSA) is 29.5 Å². The molecule has 1 aromatic rings. The van der Waals surface area contributed by atoms with Crippen LogP contribution in [0.25, 0.3) is 0 Å². The van der Waals surface area contributed by atoms with E-state index in [0.29, 0.717) is 36.6 Å². The molecule has 0 spiro atoms. The molecule has 2 nitrogen and oxygen atoms in total. The summed E-state index contributed by atoms with van der Waals surface area (Å²) in [4.78, 5) is 0. The summed E-state index contributed by atoms with van der Waals surface area (Å²) in [7, 11) is 0. The first-order valence-corrected chi connectivity index (χ1v) is 5.74. The van der Waals surface area contributed by atoms with Crippen LogP contribution in [0.15, 0.2) is 18.2 Å². The highest BCUT2D eigenvalue weighted by Gasteiger charge is 2.24. The van der Waals surface area contributed by atoms with Crippen molar-refractivity contribution >= 4 is 11.6 Å². The lowest BCUT2D eigenvalue weighted by Gasteiger charge is -2.27. The number of aliphatic hydroxyl groups is 1. The average molecular weight is 245 g/mol. The zero-order chi connectivity index (χ0) is 11.5. The number of hydrogen-bond acceptors (Lipinski definition) is 2. The van der Waals surface area contributed by atoms with E-state index in [1.807, 2.05) is 0 Å². The molecule has 0 saturated carbocycles. The number of benzene rings is 1. The molecular weight excluding hydrogens is 231 g/mol. The number of halogens is 2. The van der Waals surface area contributed by atoms with Gasteiger partial charge in [0.25, 0.3) is 0 Å². The van der Waals surface area contributed by atoms with Crippen LogP contribution in [0.1, 0.15) is 12.0 Å². The van der Waals surface area contributed by atoms with Gasteiger partial charge in [0.2, 0.25) is 0 Å². The molecule has 2 rings (SSSR count). The molecule has 88 valence electrons. The lowest BCUT2D eigenvalue weighted by Crippen LogP contribution is -2.33. The zero-order valence-electron chi connectivity index (χ0n) is 8.83. The molecule has 0 aromatic heterocycles. The zero-order valence-corrected chi connectivity index (χ0v) is 9.58. The first kappa shape index (κ1) is 11.8. The minimum Gasteiger partial charge on any atom is -0.393 e. The van der Waals surface area contributed by atoms with E-state index < -0.39 is 6.10 Å². The van der Waals surface area contributed by atoms with Gasteiger partial charge in [0.1, 0.15) is 5.82 Å². The third-order valence-electron chi connectivity index (χ3n) is 2.92. The first-order chi connectivity index (χ1) is 7.66. The normalized spacial score (nSPS) is 25.7. The van der Waals surface area contributed by atoms with Crippen molar-refractivity contribution in [3.63, 3.8) is 0 Å². The van der Waals surface area contributed by atoms with Crippen molar-refractivity contribution in [2.24, 2.45) is 5.92 Å². The van der Waals surface area contributed by atoms with E-state index in [4.69, 9.17) is 16.3 Å². The Hall–Kier alpha value is -0.640. The van der Waals surface area contributed by atoms with Gasteiger partial charge in [0.15, 0.2) is 0 Å². The minimum atomic E-state index is -0.410. The van der Waals surface area contributed by atoms with Gasteiger partial charge in [-0.15, -0.1) is 0 Å². The molecule has 0 radical (unpaired) electrons. The van der Waals surface area contributed by atoms with E-state index >= 15 is 0 Å². The molecular formula is C12H14ClFO2. The predicted octanol–water partition coefficient (Wildman–Crippen LogP) is 2.42. The Labute approximate surface area is 99.0 Å². The fourth-order valence-corrected chi connectivity index (χ4v) is 2.16. The van der Waals surface area contributed by atoms with E-state index in [1.165, 1.54) is 12.1 Å². The Morgan fingerprint density at radius 2 is 2.31 bits per heavy atom. The molecule has 0 bridgehead atoms. The van der Waals surface area contributed by atoms with E-state index in [9.17, 15) is 9.50 Å². The molecule has 4 heteroatoms. The summed E-state index contributed by atoms with van der Waals surface area (Å²) in [5, 5.41) is 10.3. The van der Waals surface area contributed by atoms with Crippen molar-refractivity contribution in [1.82, 2.24) is 0 Å². The van der Waals surface area contributed by atoms with Crippen molar-refractivity contribution in [2.45, 2.75) is 18.9 Å². The largest absolute Gasteiger partial charge is 0.393 e. The molecule has 1 aliphatic rings. The van der Waals surface area contributed by atoms with Crippen LogP contribution in [0.4, 0.5) is 4.39 Å². The highest BCUT2D eigenvalue weighted by Crippen LogP contribution is 2.23. The van der Waals surface area contributed by atoms with E-state index in [0.717, 1.165) is 0 Å². The SMILES string of the molecule is OC1CCOCC1Cc1cc(Cl)ccc1F. The quantitative estimate of drug-likeness (QED) is 0.866. The lowest BCUT2D eigenvalue weighted by atomic mass is 9.91. The summed E-state index contributed by atoms with van der Waals surface area (Å²) < 4.78 is 18.7. The lowest BCUT2D eigenvalue weighted by molar-refractivity contribution is -0.0352. The molecule has 0 amide bonds. The fourth-order valence-electron chi connectivity index (χ4n) is 1.96. The molecule has 1 heterocycles. The van der Waals surface area contributed by atoms with Gasteiger partial charge < -0.3 is 9.84 Å². The van der Waals surface area contributed by atoms with Crippen LogP contribution in [0, 0.1) is 11.7 Å². The van der Waals surface area contributed by atoms with Crippen LogP contribution >= 0.6 is 11.6 Å². The number of aliphatic hydroxyl groups excluding tert-OH is 1. The molecule has 0 aliphatic carbocycles. The van der Waals surface area contributed by atoms with Gasteiger partial charge in [0, 0.05) is 17.5 Å². The highest BCUT2D eigenvalue weighted by molar-refractivity contribution is 6.30. The standard InChI is InChI=1S/C12H14ClFO2/c13-10-1-2-11(14)8(6-10)5-9-7-16-4-3-12(9)15/h1-2,6,9,12,15H,3-5,7H2. The van der Waals surface area contributed by atoms with Crippen LogP contribution in [0.5, 0.6) is 0 Å². The maximum Gasteiger partial charge on any atom is 0.126 e. The van der Waals surface area contributed by atoms with Crippen molar-refractivity contribution in [2.75, 3.05) is 13.2 Å². The van der Waals surface area contributed by atoms with E-state index in [1.54, 1.807) is 6.07 Å². The van der Waals surface area contributed by atoms with Gasteiger partial charge in [-0.25, -0.2) is 4.39 Å². The molecule has 16 heavy (non-hydrogen) atoms. The Morgan fingerprint density at radius 3 is 3.06 bits per heavy atom. The number of hydrogen-bond donors (Lipinski definition) is 1. The summed E-state index contributed by atoms with van der Waals surface area (Å²) in [6, 6.07) is 4.49. The van der Waals surface area contributed by atoms with Crippen LogP contribution in [-0.4, -0.2) is 24.4 Å². The molecule has 1 aromatic carbocycles. The van der Waals surface area contributed by atoms with Gasteiger partial charge in [0.05, 0.1) is 12.7 Å². The monoisotopic (exact) mass is 244 g/mol. The third-order valence-corrected chi connectivity index (χ3v) is 3.16. The number of ether oxygens (including phenoxy) is 1. The van der Waals surface area contributed by atoms with Crippen molar-refractivity contribution in [3.8, 4) is 0 Å². The Bertz CT molecular complexity index is 370. The van der Waals surface area contributed by atoms with Crippen LogP contribution < -0.4 is 0 Å². The smallest absolute Gasteiger partial charge is 0.126 e. The van der Waals surface area contributed by atoms with Gasteiger partial charge in [-0.2, -0.15) is 0 Å². The molecule has 1 saturated heterocycles. The number of rotatable bonds is 2. The molecule has 1 N–H and O–H groups in total. The van der Waals surface area contributed by atoms with Gasteiger partial charge in [-0.1, -0.05) is 11.6 Å². The minimum absolute atomic E-state index is 0.0401. The molecule has 2 atom stereocenters. The molecule has 1 fully saturated rings. The Kier molecular flexibility index (Phi) is 3.79. The van der Waals surface area contributed by atoms with Crippen LogP contribution in [0.2, 0.25) is 5.02 Å². The van der Waals surface area contributed by atoms with E-state index in [-0.39, 0.29) is 11.7 Å². The van der Waals surface area contributed by atoms with Gasteiger partial charge in [-0.3, -0.25) is 0 Å². The molecule has 2 unspecified atom stereocenters. The van der Waals surface area contributed by atoms with Gasteiger partial charge in [-0.05, 0) is 36.6 Å². The van der Waals surface area contributed by atoms with Gasteiger partial charge >= 0.3 is 0 Å². The van der Waals surface area contributed by atoms with Crippen molar-refractivity contribution in [1.29, 1.82) is 0 Å². The summed E-state index contributed by atoms with van der Waals surface area (Å²) >= 11 is 5.81. The van der Waals surface area contributed by atoms with Crippen molar-refractivity contribution in [3.05, 3.63) is 34.6 Å². The predicted molar refractivity (Wildman–Crippen MR) is 60.0 cm³/mol. The Balaban J connectivity index is 2.10. The molecule has 1 aliphatic heterocycles. The fraction of sp³-hybridized carbons (Fsp3) is 0.500. The summed E-state index contributed by atoms with van der Waals surface area (Å²) in [5.74, 6) is -0.316. The van der Waals surface area contributed by atoms with Crippen LogP contribution in [-0.2, 0) is 11.2 Å². The third kappa shape index (κ3) is 2.73. The Morgan fingerprint density at radius 1 is 1.50 bits per heavy atom. The van der Waals surface area contributed by atoms with Crippen LogP contribution in [0.3, 0.4) is 0 Å². The second-order valence-corrected chi connectivity index (χ2v) is 4.57. The second kappa shape index (κ2) is 5.13. The van der Waals surface area contributed by atoms with E-state index in [2.05, 4.69) is 0 Å². The average Bonchev–Trinajstić information content (AvgIpc) is 2.27. The first-order valence-electron chi connectivity index (χ1n) is 5.36. The summed E-state index contributed by atoms with van der Waals surface area (Å²) in [5.41, 5.74) is 0.544. The maximum absolute atomic E-state index is 13.5.